The van der Waals surface area contributed by atoms with Crippen LogP contribution in [0, 0.1) is 12.7 Å². The van der Waals surface area contributed by atoms with Crippen molar-refractivity contribution in [1.29, 1.82) is 0 Å². The van der Waals surface area contributed by atoms with Crippen LogP contribution in [0.5, 0.6) is 0 Å². The molecule has 0 saturated heterocycles. The highest BCUT2D eigenvalue weighted by Crippen LogP contribution is 2.32. The Morgan fingerprint density at radius 3 is 2.29 bits per heavy atom. The van der Waals surface area contributed by atoms with Gasteiger partial charge in [0.15, 0.2) is 0 Å². The third kappa shape index (κ3) is 3.08. The van der Waals surface area contributed by atoms with Gasteiger partial charge in [0.25, 0.3) is 0 Å². The fraction of sp³-hybridized carbons (Fsp3) is 0.143. The number of alkyl halides is 1. The van der Waals surface area contributed by atoms with Gasteiger partial charge in [-0.2, -0.15) is 0 Å². The molecule has 0 bridgehead atoms. The van der Waals surface area contributed by atoms with Gasteiger partial charge in [-0.3, -0.25) is 0 Å². The summed E-state index contributed by atoms with van der Waals surface area (Å²) < 4.78 is 12.8. The molecule has 3 heteroatoms. The van der Waals surface area contributed by atoms with Gasteiger partial charge in [-0.15, -0.1) is 0 Å². The lowest BCUT2D eigenvalue weighted by Crippen LogP contribution is -1.93. The zero-order valence-corrected chi connectivity index (χ0v) is 11.6. The SMILES string of the molecule is Cc1cc(Cl)cc(C(Br)c2ccc(F)cc2)c1. The topological polar surface area (TPSA) is 0 Å². The molecule has 0 aliphatic rings. The molecule has 0 amide bonds. The van der Waals surface area contributed by atoms with Crippen LogP contribution in [0.4, 0.5) is 4.39 Å². The van der Waals surface area contributed by atoms with Crippen molar-refractivity contribution in [3.05, 3.63) is 70.0 Å². The maximum Gasteiger partial charge on any atom is 0.123 e. The Morgan fingerprint density at radius 2 is 1.71 bits per heavy atom. The molecule has 17 heavy (non-hydrogen) atoms. The quantitative estimate of drug-likeness (QED) is 0.662. The highest BCUT2D eigenvalue weighted by atomic mass is 79.9. The Bertz CT molecular complexity index is 502. The first-order chi connectivity index (χ1) is 8.06. The van der Waals surface area contributed by atoms with Crippen LogP contribution < -0.4 is 0 Å². The van der Waals surface area contributed by atoms with E-state index < -0.39 is 0 Å². The van der Waals surface area contributed by atoms with Crippen LogP contribution >= 0.6 is 27.5 Å². The highest BCUT2D eigenvalue weighted by Gasteiger charge is 2.11. The average molecular weight is 314 g/mol. The summed E-state index contributed by atoms with van der Waals surface area (Å²) in [5, 5.41) is 0.714. The molecule has 0 aromatic heterocycles. The largest absolute Gasteiger partial charge is 0.207 e. The molecule has 0 fully saturated rings. The van der Waals surface area contributed by atoms with Crippen LogP contribution in [-0.2, 0) is 0 Å². The van der Waals surface area contributed by atoms with Gasteiger partial charge in [0, 0.05) is 5.02 Å². The summed E-state index contributed by atoms with van der Waals surface area (Å²) in [6.07, 6.45) is 0. The van der Waals surface area contributed by atoms with E-state index in [4.69, 9.17) is 11.6 Å². The zero-order valence-electron chi connectivity index (χ0n) is 9.25. The second-order valence-corrected chi connectivity index (χ2v) is 5.33. The number of hydrogen-bond acceptors (Lipinski definition) is 0. The Hall–Kier alpha value is -0.860. The molecular weight excluding hydrogens is 303 g/mol. The van der Waals surface area contributed by atoms with Crippen LogP contribution in [0.2, 0.25) is 5.02 Å². The van der Waals surface area contributed by atoms with E-state index in [-0.39, 0.29) is 10.6 Å². The van der Waals surface area contributed by atoms with Crippen LogP contribution in [0.15, 0.2) is 42.5 Å². The lowest BCUT2D eigenvalue weighted by Gasteiger charge is -2.12. The average Bonchev–Trinajstić information content (AvgIpc) is 2.28. The van der Waals surface area contributed by atoms with Crippen molar-refractivity contribution in [2.24, 2.45) is 0 Å². The van der Waals surface area contributed by atoms with Gasteiger partial charge in [0.1, 0.15) is 5.82 Å². The van der Waals surface area contributed by atoms with Crippen molar-refractivity contribution >= 4 is 27.5 Å². The maximum atomic E-state index is 12.8. The van der Waals surface area contributed by atoms with Gasteiger partial charge in [-0.1, -0.05) is 45.7 Å². The van der Waals surface area contributed by atoms with Crippen LogP contribution in [0.25, 0.3) is 0 Å². The monoisotopic (exact) mass is 312 g/mol. The molecule has 1 unspecified atom stereocenters. The lowest BCUT2D eigenvalue weighted by atomic mass is 10.0. The van der Waals surface area contributed by atoms with Gasteiger partial charge in [0.05, 0.1) is 4.83 Å². The van der Waals surface area contributed by atoms with Crippen molar-refractivity contribution in [2.45, 2.75) is 11.8 Å². The molecular formula is C14H11BrClF. The van der Waals surface area contributed by atoms with Crippen molar-refractivity contribution in [3.8, 4) is 0 Å². The van der Waals surface area contributed by atoms with Crippen molar-refractivity contribution in [3.63, 3.8) is 0 Å². The van der Waals surface area contributed by atoms with Gasteiger partial charge in [-0.05, 0) is 47.9 Å². The Morgan fingerprint density at radius 1 is 1.06 bits per heavy atom. The molecule has 88 valence electrons. The molecule has 0 N–H and O–H groups in total. The summed E-state index contributed by atoms with van der Waals surface area (Å²) in [7, 11) is 0. The summed E-state index contributed by atoms with van der Waals surface area (Å²) in [5.74, 6) is -0.226. The smallest absolute Gasteiger partial charge is 0.123 e. The summed E-state index contributed by atoms with van der Waals surface area (Å²) in [5.41, 5.74) is 3.19. The van der Waals surface area contributed by atoms with Crippen molar-refractivity contribution in [2.75, 3.05) is 0 Å². The van der Waals surface area contributed by atoms with Crippen LogP contribution in [-0.4, -0.2) is 0 Å². The normalized spacial score (nSPS) is 12.5. The first-order valence-corrected chi connectivity index (χ1v) is 6.52. The molecule has 0 saturated carbocycles. The minimum Gasteiger partial charge on any atom is -0.207 e. The van der Waals surface area contributed by atoms with E-state index >= 15 is 0 Å². The number of hydrogen-bond donors (Lipinski definition) is 0. The molecule has 2 rings (SSSR count). The Balaban J connectivity index is 2.36. The fourth-order valence-electron chi connectivity index (χ4n) is 1.74. The third-order valence-corrected chi connectivity index (χ3v) is 3.80. The summed E-state index contributed by atoms with van der Waals surface area (Å²) >= 11 is 9.63. The first kappa shape index (κ1) is 12.6. The summed E-state index contributed by atoms with van der Waals surface area (Å²) in [6, 6.07) is 12.3. The first-order valence-electron chi connectivity index (χ1n) is 5.23. The van der Waals surface area contributed by atoms with E-state index in [1.54, 1.807) is 12.1 Å². The van der Waals surface area contributed by atoms with E-state index in [9.17, 15) is 4.39 Å². The van der Waals surface area contributed by atoms with E-state index in [1.807, 2.05) is 19.1 Å². The molecule has 0 aliphatic heterocycles. The molecule has 1 atom stereocenters. The van der Waals surface area contributed by atoms with Gasteiger partial charge in [-0.25, -0.2) is 4.39 Å². The van der Waals surface area contributed by atoms with Gasteiger partial charge >= 0.3 is 0 Å². The number of halogens is 3. The second kappa shape index (κ2) is 5.19. The summed E-state index contributed by atoms with van der Waals surface area (Å²) in [4.78, 5) is 0.0282. The number of benzene rings is 2. The second-order valence-electron chi connectivity index (χ2n) is 3.98. The number of rotatable bonds is 2. The van der Waals surface area contributed by atoms with E-state index in [0.29, 0.717) is 5.02 Å². The van der Waals surface area contributed by atoms with E-state index in [0.717, 1.165) is 16.7 Å². The third-order valence-electron chi connectivity index (χ3n) is 2.52. The summed E-state index contributed by atoms with van der Waals surface area (Å²) in [6.45, 7) is 2.00. The standard InChI is InChI=1S/C14H11BrClF/c1-9-6-11(8-12(16)7-9)14(15)10-2-4-13(17)5-3-10/h2-8,14H,1H3. The van der Waals surface area contributed by atoms with Gasteiger partial charge in [0.2, 0.25) is 0 Å². The van der Waals surface area contributed by atoms with Crippen LogP contribution in [0.1, 0.15) is 21.5 Å². The predicted molar refractivity (Wildman–Crippen MR) is 73.4 cm³/mol. The van der Waals surface area contributed by atoms with Crippen molar-refractivity contribution < 1.29 is 4.39 Å². The van der Waals surface area contributed by atoms with Crippen molar-refractivity contribution in [1.82, 2.24) is 0 Å². The predicted octanol–water partition coefficient (Wildman–Crippen LogP) is 5.27. The molecule has 0 heterocycles. The van der Waals surface area contributed by atoms with E-state index in [1.165, 1.54) is 12.1 Å². The Labute approximate surface area is 114 Å². The molecule has 0 radical (unpaired) electrons. The molecule has 2 aromatic rings. The lowest BCUT2D eigenvalue weighted by molar-refractivity contribution is 0.627. The fourth-order valence-corrected chi connectivity index (χ4v) is 2.60. The molecule has 0 aliphatic carbocycles. The number of aryl methyl sites for hydroxylation is 1. The molecule has 0 spiro atoms. The zero-order chi connectivity index (χ0) is 12.4. The van der Waals surface area contributed by atoms with Crippen LogP contribution in [0.3, 0.4) is 0 Å². The van der Waals surface area contributed by atoms with Gasteiger partial charge < -0.3 is 0 Å². The minimum absolute atomic E-state index is 0.0282. The molecule has 2 aromatic carbocycles. The minimum atomic E-state index is -0.226. The van der Waals surface area contributed by atoms with E-state index in [2.05, 4.69) is 22.0 Å². The Kier molecular flexibility index (Phi) is 3.85. The maximum absolute atomic E-state index is 12.8. The molecule has 0 nitrogen and oxygen atoms in total. The highest BCUT2D eigenvalue weighted by molar-refractivity contribution is 9.09.